The van der Waals surface area contributed by atoms with Gasteiger partial charge in [0, 0.05) is 16.8 Å². The summed E-state index contributed by atoms with van der Waals surface area (Å²) in [5, 5.41) is 2.58. The van der Waals surface area contributed by atoms with Gasteiger partial charge in [-0.05, 0) is 51.5 Å². The quantitative estimate of drug-likeness (QED) is 0.394. The first-order valence-electron chi connectivity index (χ1n) is 8.64. The van der Waals surface area contributed by atoms with Crippen LogP contribution < -0.4 is 79.9 Å². The van der Waals surface area contributed by atoms with Gasteiger partial charge < -0.3 is 23.5 Å². The molecular formula is C21H23CsF3N3O2. The summed E-state index contributed by atoms with van der Waals surface area (Å²) in [7, 11) is 0. The van der Waals surface area contributed by atoms with Crippen LogP contribution in [0.4, 0.5) is 13.2 Å². The largest absolute Gasteiger partial charge is 1.00 e. The summed E-state index contributed by atoms with van der Waals surface area (Å²) in [6, 6.07) is 0.690. The molecule has 1 aliphatic carbocycles. The van der Waals surface area contributed by atoms with Gasteiger partial charge >= 0.3 is 68.9 Å². The SMILES string of the molecule is CC#CC(=O)NC1=CCCCC1.Cc1[nH]c2c(C(N)=O)c(F)c(F)cc2c1F.[CH3-].[Cs+]. The monoisotopic (exact) mass is 539 g/mol. The third kappa shape index (κ3) is 7.22. The Labute approximate surface area is 232 Å². The first-order valence-corrected chi connectivity index (χ1v) is 8.64. The second kappa shape index (κ2) is 13.3. The molecule has 156 valence electrons. The fourth-order valence-corrected chi connectivity index (χ4v) is 2.85. The Kier molecular flexibility index (Phi) is 12.8. The Morgan fingerprint density at radius 1 is 1.20 bits per heavy atom. The van der Waals surface area contributed by atoms with Gasteiger partial charge in [-0.15, -0.1) is 0 Å². The van der Waals surface area contributed by atoms with Gasteiger partial charge in [0.15, 0.2) is 17.5 Å². The number of hydrogen-bond acceptors (Lipinski definition) is 2. The Morgan fingerprint density at radius 2 is 1.87 bits per heavy atom. The summed E-state index contributed by atoms with van der Waals surface area (Å²) < 4.78 is 39.8. The molecule has 0 unspecified atom stereocenters. The number of nitrogens with two attached hydrogens (primary N) is 1. The molecule has 0 atom stereocenters. The number of carbonyl (C=O) groups excluding carboxylic acids is 2. The van der Waals surface area contributed by atoms with Crippen LogP contribution in [0.5, 0.6) is 0 Å². The molecule has 2 amide bonds. The molecule has 0 radical (unpaired) electrons. The molecule has 1 heterocycles. The molecule has 5 nitrogen and oxygen atoms in total. The number of hydrogen-bond donors (Lipinski definition) is 3. The van der Waals surface area contributed by atoms with E-state index in [1.54, 1.807) is 6.92 Å². The number of amides is 2. The van der Waals surface area contributed by atoms with Gasteiger partial charge in [0.25, 0.3) is 11.8 Å². The number of carbonyl (C=O) groups is 2. The molecule has 0 fully saturated rings. The first-order chi connectivity index (χ1) is 13.3. The number of rotatable bonds is 2. The van der Waals surface area contributed by atoms with Crippen LogP contribution in [0.15, 0.2) is 17.8 Å². The maximum atomic E-state index is 13.4. The van der Waals surface area contributed by atoms with Crippen molar-refractivity contribution in [3.63, 3.8) is 0 Å². The second-order valence-corrected chi connectivity index (χ2v) is 6.20. The van der Waals surface area contributed by atoms with E-state index in [9.17, 15) is 22.8 Å². The molecule has 2 aromatic rings. The third-order valence-corrected chi connectivity index (χ3v) is 4.15. The number of allylic oxidation sites excluding steroid dienone is 2. The Hall–Kier alpha value is -1.16. The van der Waals surface area contributed by atoms with Crippen molar-refractivity contribution in [1.29, 1.82) is 0 Å². The van der Waals surface area contributed by atoms with Crippen molar-refractivity contribution in [3.8, 4) is 11.8 Å². The van der Waals surface area contributed by atoms with Crippen molar-refractivity contribution >= 4 is 22.7 Å². The molecule has 4 N–H and O–H groups in total. The molecule has 9 heteroatoms. The average molecular weight is 539 g/mol. The molecule has 0 aliphatic heterocycles. The molecule has 0 bridgehead atoms. The van der Waals surface area contributed by atoms with Crippen LogP contribution in [-0.2, 0) is 4.79 Å². The fourth-order valence-electron chi connectivity index (χ4n) is 2.85. The average Bonchev–Trinajstić information content (AvgIpc) is 2.91. The van der Waals surface area contributed by atoms with Crippen molar-refractivity contribution in [2.24, 2.45) is 5.73 Å². The fraction of sp³-hybridized carbons (Fsp3) is 0.286. The number of fused-ring (bicyclic) bond motifs is 1. The zero-order chi connectivity index (χ0) is 20.8. The normalized spacial score (nSPS) is 12.1. The van der Waals surface area contributed by atoms with E-state index in [2.05, 4.69) is 28.2 Å². The number of H-pyrrole nitrogens is 1. The van der Waals surface area contributed by atoms with Crippen LogP contribution in [0.3, 0.4) is 0 Å². The Balaban J connectivity index is 0.000000545. The smallest absolute Gasteiger partial charge is 0.365 e. The summed E-state index contributed by atoms with van der Waals surface area (Å²) >= 11 is 0. The topological polar surface area (TPSA) is 88.0 Å². The predicted octanol–water partition coefficient (Wildman–Crippen LogP) is 1.03. The molecule has 0 saturated carbocycles. The van der Waals surface area contributed by atoms with Gasteiger partial charge in [0.1, 0.15) is 5.56 Å². The predicted molar refractivity (Wildman–Crippen MR) is 106 cm³/mol. The van der Waals surface area contributed by atoms with Crippen LogP contribution >= 0.6 is 0 Å². The molecule has 1 aliphatic rings. The first kappa shape index (κ1) is 28.8. The second-order valence-electron chi connectivity index (χ2n) is 6.20. The number of nitrogens with one attached hydrogen (secondary N) is 2. The molecule has 0 spiro atoms. The Bertz CT molecular complexity index is 1020. The number of primary amides is 1. The molecule has 1 aromatic carbocycles. The van der Waals surface area contributed by atoms with Crippen LogP contribution in [-0.4, -0.2) is 16.8 Å². The van der Waals surface area contributed by atoms with E-state index in [0.717, 1.165) is 18.5 Å². The summed E-state index contributed by atoms with van der Waals surface area (Å²) in [5.41, 5.74) is 5.25. The Morgan fingerprint density at radius 3 is 2.40 bits per heavy atom. The molecule has 3 rings (SSSR count). The van der Waals surface area contributed by atoms with Gasteiger partial charge in [0.05, 0.1) is 5.52 Å². The number of aromatic amines is 1. The van der Waals surface area contributed by atoms with E-state index in [0.29, 0.717) is 6.07 Å². The third-order valence-electron chi connectivity index (χ3n) is 4.15. The van der Waals surface area contributed by atoms with Crippen LogP contribution in [0.25, 0.3) is 10.9 Å². The summed E-state index contributed by atoms with van der Waals surface area (Å²) in [5.74, 6) is 0.275. The minimum Gasteiger partial charge on any atom is -0.365 e. The van der Waals surface area contributed by atoms with E-state index < -0.39 is 28.9 Å². The van der Waals surface area contributed by atoms with E-state index in [-0.39, 0.29) is 98.8 Å². The van der Waals surface area contributed by atoms with Crippen molar-refractivity contribution in [2.45, 2.75) is 39.5 Å². The van der Waals surface area contributed by atoms with Crippen molar-refractivity contribution in [1.82, 2.24) is 10.3 Å². The van der Waals surface area contributed by atoms with Crippen molar-refractivity contribution in [2.75, 3.05) is 0 Å². The number of halogens is 3. The summed E-state index contributed by atoms with van der Waals surface area (Å²) in [6.07, 6.45) is 6.55. The van der Waals surface area contributed by atoms with E-state index in [4.69, 9.17) is 5.73 Å². The summed E-state index contributed by atoms with van der Waals surface area (Å²) in [6.45, 7) is 3.05. The number of benzene rings is 1. The molecule has 1 aromatic heterocycles. The van der Waals surface area contributed by atoms with Gasteiger partial charge in [-0.2, -0.15) is 0 Å². The van der Waals surface area contributed by atoms with Gasteiger partial charge in [-0.1, -0.05) is 12.0 Å². The minimum absolute atomic E-state index is 0. The molecule has 30 heavy (non-hydrogen) atoms. The van der Waals surface area contributed by atoms with E-state index >= 15 is 0 Å². The van der Waals surface area contributed by atoms with Crippen LogP contribution in [0.1, 0.15) is 48.7 Å². The number of aryl methyl sites for hydroxylation is 1. The van der Waals surface area contributed by atoms with Gasteiger partial charge in [0.2, 0.25) is 0 Å². The number of aromatic nitrogens is 1. The van der Waals surface area contributed by atoms with Gasteiger partial charge in [-0.25, -0.2) is 13.2 Å². The maximum absolute atomic E-state index is 13.4. The van der Waals surface area contributed by atoms with Crippen LogP contribution in [0.2, 0.25) is 0 Å². The minimum atomic E-state index is -1.37. The maximum Gasteiger partial charge on any atom is 1.00 e. The van der Waals surface area contributed by atoms with Gasteiger partial charge in [-0.3, -0.25) is 9.59 Å². The standard InChI is InChI=1S/C10H7F3N2O.C10H13NO.CH3.Cs/c1-3-7(12)4-2-5(11)8(13)6(10(14)16)9(4)15-3;1-2-6-10(12)11-9-7-4-3-5-8-9;;/h2,15H,1H3,(H2,14,16);7H,3-5,8H2,1H3,(H,11,12);1H3;/q;;-1;+1. The zero-order valence-corrected chi connectivity index (χ0v) is 23.8. The van der Waals surface area contributed by atoms with Crippen LogP contribution in [0, 0.1) is 43.6 Å². The van der Waals surface area contributed by atoms with Crippen molar-refractivity contribution < 1.29 is 91.7 Å². The molecular weight excluding hydrogens is 516 g/mol. The molecule has 0 saturated heterocycles. The summed E-state index contributed by atoms with van der Waals surface area (Å²) in [4.78, 5) is 24.4. The zero-order valence-electron chi connectivity index (χ0n) is 17.5. The van der Waals surface area contributed by atoms with E-state index in [1.807, 2.05) is 0 Å². The van der Waals surface area contributed by atoms with E-state index in [1.165, 1.54) is 19.8 Å². The van der Waals surface area contributed by atoms with Crippen molar-refractivity contribution in [3.05, 3.63) is 54.0 Å².